The SMILES string of the molecule is CCCCCCCCCC(CC)(CC)C(N)(C=C(C)C(=O)O)CC. The smallest absolute Gasteiger partial charge is 0.331 e. The van der Waals surface area contributed by atoms with Gasteiger partial charge in [-0.3, -0.25) is 0 Å². The standard InChI is InChI=1S/C21H41NO2/c1-6-10-11-12-13-14-15-16-20(7-2,8-3)21(22,9-4)17-18(5)19(23)24/h17H,6-16,22H2,1-5H3,(H,23,24). The van der Waals surface area contributed by atoms with E-state index in [1.807, 2.05) is 6.08 Å². The minimum atomic E-state index is -0.865. The van der Waals surface area contributed by atoms with Crippen LogP contribution in [0.4, 0.5) is 0 Å². The number of carbonyl (C=O) groups is 1. The third-order valence-corrected chi connectivity index (χ3v) is 6.00. The molecule has 0 rings (SSSR count). The first kappa shape index (κ1) is 23.2. The number of hydrogen-bond donors (Lipinski definition) is 2. The minimum Gasteiger partial charge on any atom is -0.478 e. The van der Waals surface area contributed by atoms with Crippen LogP contribution >= 0.6 is 0 Å². The van der Waals surface area contributed by atoms with Gasteiger partial charge in [-0.15, -0.1) is 0 Å². The summed E-state index contributed by atoms with van der Waals surface area (Å²) in [6.07, 6.45) is 14.7. The van der Waals surface area contributed by atoms with E-state index < -0.39 is 11.5 Å². The van der Waals surface area contributed by atoms with Gasteiger partial charge in [0, 0.05) is 11.1 Å². The van der Waals surface area contributed by atoms with Crippen LogP contribution in [0.15, 0.2) is 11.6 Å². The first-order valence-corrected chi connectivity index (χ1v) is 10.0. The lowest BCUT2D eigenvalue weighted by Crippen LogP contribution is -2.53. The summed E-state index contributed by atoms with van der Waals surface area (Å²) < 4.78 is 0. The third kappa shape index (κ3) is 6.58. The van der Waals surface area contributed by atoms with Crippen LogP contribution in [-0.2, 0) is 4.79 Å². The van der Waals surface area contributed by atoms with E-state index in [-0.39, 0.29) is 5.41 Å². The number of carboxylic acids is 1. The van der Waals surface area contributed by atoms with E-state index in [0.717, 1.165) is 25.7 Å². The molecule has 0 radical (unpaired) electrons. The van der Waals surface area contributed by atoms with E-state index in [0.29, 0.717) is 5.57 Å². The Hall–Kier alpha value is -0.830. The molecule has 0 aromatic heterocycles. The maximum absolute atomic E-state index is 11.3. The lowest BCUT2D eigenvalue weighted by molar-refractivity contribution is -0.132. The Labute approximate surface area is 150 Å². The van der Waals surface area contributed by atoms with Crippen LogP contribution in [0, 0.1) is 5.41 Å². The van der Waals surface area contributed by atoms with E-state index >= 15 is 0 Å². The van der Waals surface area contributed by atoms with Gasteiger partial charge in [0.05, 0.1) is 0 Å². The zero-order chi connectivity index (χ0) is 18.6. The van der Waals surface area contributed by atoms with Gasteiger partial charge in [-0.1, -0.05) is 78.7 Å². The van der Waals surface area contributed by atoms with Gasteiger partial charge < -0.3 is 10.8 Å². The van der Waals surface area contributed by atoms with Gasteiger partial charge >= 0.3 is 5.97 Å². The largest absolute Gasteiger partial charge is 0.478 e. The van der Waals surface area contributed by atoms with Crippen molar-refractivity contribution in [1.82, 2.24) is 0 Å². The molecule has 0 saturated heterocycles. The van der Waals surface area contributed by atoms with Crippen molar-refractivity contribution in [3.63, 3.8) is 0 Å². The molecule has 0 aromatic rings. The second kappa shape index (κ2) is 11.7. The van der Waals surface area contributed by atoms with Crippen molar-refractivity contribution >= 4 is 5.97 Å². The minimum absolute atomic E-state index is 0.0120. The van der Waals surface area contributed by atoms with Crippen LogP contribution in [0.3, 0.4) is 0 Å². The Bertz CT molecular complexity index is 385. The van der Waals surface area contributed by atoms with Gasteiger partial charge in [0.25, 0.3) is 0 Å². The molecule has 0 amide bonds. The summed E-state index contributed by atoms with van der Waals surface area (Å²) in [5.41, 5.74) is 6.59. The fourth-order valence-electron chi connectivity index (χ4n) is 3.99. The molecule has 1 unspecified atom stereocenters. The zero-order valence-corrected chi connectivity index (χ0v) is 16.8. The average molecular weight is 340 g/mol. The molecular formula is C21H41NO2. The van der Waals surface area contributed by atoms with Crippen LogP contribution in [0.2, 0.25) is 0 Å². The van der Waals surface area contributed by atoms with Crippen LogP contribution < -0.4 is 5.73 Å². The highest BCUT2D eigenvalue weighted by Crippen LogP contribution is 2.45. The van der Waals surface area contributed by atoms with E-state index in [1.54, 1.807) is 6.92 Å². The Morgan fingerprint density at radius 2 is 1.42 bits per heavy atom. The van der Waals surface area contributed by atoms with Crippen LogP contribution in [-0.4, -0.2) is 16.6 Å². The molecule has 0 aliphatic heterocycles. The summed E-state index contributed by atoms with van der Waals surface area (Å²) in [6.45, 7) is 10.4. The number of rotatable bonds is 14. The predicted octanol–water partition coefficient (Wildman–Crippen LogP) is 6.07. The Morgan fingerprint density at radius 1 is 0.917 bits per heavy atom. The van der Waals surface area contributed by atoms with Gasteiger partial charge in [-0.2, -0.15) is 0 Å². The van der Waals surface area contributed by atoms with Crippen LogP contribution in [0.25, 0.3) is 0 Å². The van der Waals surface area contributed by atoms with Crippen molar-refractivity contribution < 1.29 is 9.90 Å². The molecule has 0 aliphatic rings. The van der Waals surface area contributed by atoms with Crippen molar-refractivity contribution in [3.05, 3.63) is 11.6 Å². The van der Waals surface area contributed by atoms with Crippen LogP contribution in [0.5, 0.6) is 0 Å². The molecule has 1 atom stereocenters. The number of hydrogen-bond acceptors (Lipinski definition) is 2. The van der Waals surface area contributed by atoms with E-state index in [9.17, 15) is 9.90 Å². The second-order valence-corrected chi connectivity index (χ2v) is 7.39. The molecule has 0 spiro atoms. The summed E-state index contributed by atoms with van der Waals surface area (Å²) in [5.74, 6) is -0.865. The molecule has 24 heavy (non-hydrogen) atoms. The Balaban J connectivity index is 4.93. The molecular weight excluding hydrogens is 298 g/mol. The van der Waals surface area contributed by atoms with E-state index in [1.165, 1.54) is 44.9 Å². The second-order valence-electron chi connectivity index (χ2n) is 7.39. The molecule has 3 heteroatoms. The molecule has 142 valence electrons. The average Bonchev–Trinajstić information content (AvgIpc) is 2.57. The number of nitrogens with two attached hydrogens (primary N) is 1. The quantitative estimate of drug-likeness (QED) is 0.298. The van der Waals surface area contributed by atoms with E-state index in [4.69, 9.17) is 5.73 Å². The normalized spacial score (nSPS) is 15.3. The highest BCUT2D eigenvalue weighted by molar-refractivity contribution is 5.86. The molecule has 0 bridgehead atoms. The number of unbranched alkanes of at least 4 members (excludes halogenated alkanes) is 6. The monoisotopic (exact) mass is 339 g/mol. The molecule has 0 aromatic carbocycles. The van der Waals surface area contributed by atoms with Crippen molar-refractivity contribution in [2.45, 2.75) is 111 Å². The van der Waals surface area contributed by atoms with Gasteiger partial charge in [-0.05, 0) is 38.0 Å². The summed E-state index contributed by atoms with van der Waals surface area (Å²) in [4.78, 5) is 11.3. The topological polar surface area (TPSA) is 63.3 Å². The zero-order valence-electron chi connectivity index (χ0n) is 16.8. The van der Waals surface area contributed by atoms with Gasteiger partial charge in [-0.25, -0.2) is 4.79 Å². The molecule has 0 heterocycles. The molecule has 0 aliphatic carbocycles. The lowest BCUT2D eigenvalue weighted by Gasteiger charge is -2.47. The molecule has 3 N–H and O–H groups in total. The van der Waals surface area contributed by atoms with Crippen molar-refractivity contribution in [2.75, 3.05) is 0 Å². The third-order valence-electron chi connectivity index (χ3n) is 6.00. The van der Waals surface area contributed by atoms with Crippen molar-refractivity contribution in [1.29, 1.82) is 0 Å². The molecule has 0 fully saturated rings. The van der Waals surface area contributed by atoms with Crippen LogP contribution in [0.1, 0.15) is 105 Å². The van der Waals surface area contributed by atoms with Crippen molar-refractivity contribution in [3.8, 4) is 0 Å². The van der Waals surface area contributed by atoms with Crippen molar-refractivity contribution in [2.24, 2.45) is 11.1 Å². The molecule has 3 nitrogen and oxygen atoms in total. The lowest BCUT2D eigenvalue weighted by atomic mass is 9.62. The fourth-order valence-corrected chi connectivity index (χ4v) is 3.99. The summed E-state index contributed by atoms with van der Waals surface area (Å²) in [5, 5.41) is 9.25. The Kier molecular flexibility index (Phi) is 11.3. The first-order chi connectivity index (χ1) is 11.3. The first-order valence-electron chi connectivity index (χ1n) is 10.0. The van der Waals surface area contributed by atoms with E-state index in [2.05, 4.69) is 27.7 Å². The molecule has 0 saturated carbocycles. The number of aliphatic carboxylic acids is 1. The van der Waals surface area contributed by atoms with Gasteiger partial charge in [0.1, 0.15) is 0 Å². The maximum atomic E-state index is 11.3. The highest BCUT2D eigenvalue weighted by Gasteiger charge is 2.43. The fraction of sp³-hybridized carbons (Fsp3) is 0.857. The van der Waals surface area contributed by atoms with Gasteiger partial charge in [0.15, 0.2) is 0 Å². The summed E-state index contributed by atoms with van der Waals surface area (Å²) in [7, 11) is 0. The predicted molar refractivity (Wildman–Crippen MR) is 104 cm³/mol. The number of carboxylic acid groups (broad SMARTS) is 1. The van der Waals surface area contributed by atoms with Gasteiger partial charge in [0.2, 0.25) is 0 Å². The Morgan fingerprint density at radius 3 is 1.83 bits per heavy atom. The maximum Gasteiger partial charge on any atom is 0.331 e. The highest BCUT2D eigenvalue weighted by atomic mass is 16.4. The summed E-state index contributed by atoms with van der Waals surface area (Å²) in [6, 6.07) is 0. The summed E-state index contributed by atoms with van der Waals surface area (Å²) >= 11 is 0.